The van der Waals surface area contributed by atoms with Crippen LogP contribution in [-0.2, 0) is 26.2 Å². The molecule has 3 aromatic rings. The van der Waals surface area contributed by atoms with E-state index in [1.165, 1.54) is 17.0 Å². The predicted molar refractivity (Wildman–Crippen MR) is 158 cm³/mol. The summed E-state index contributed by atoms with van der Waals surface area (Å²) in [6, 6.07) is 19.7. The zero-order chi connectivity index (χ0) is 29.7. The van der Waals surface area contributed by atoms with Crippen LogP contribution < -0.4 is 14.4 Å². The van der Waals surface area contributed by atoms with Crippen LogP contribution in [0.1, 0.15) is 44.4 Å². The number of hydrogen-bond donors (Lipinski definition) is 1. The van der Waals surface area contributed by atoms with E-state index in [9.17, 15) is 18.0 Å². The number of rotatable bonds is 10. The largest absolute Gasteiger partial charge is 0.497 e. The van der Waals surface area contributed by atoms with Gasteiger partial charge in [-0.15, -0.1) is 0 Å². The highest BCUT2D eigenvalue weighted by Crippen LogP contribution is 2.29. The fourth-order valence-corrected chi connectivity index (χ4v) is 5.76. The second-order valence-electron chi connectivity index (χ2n) is 10.8. The maximum absolute atomic E-state index is 14.1. The van der Waals surface area contributed by atoms with Gasteiger partial charge in [-0.25, -0.2) is 8.42 Å². The average Bonchev–Trinajstić information content (AvgIpc) is 2.91. The monoisotopic (exact) mass is 565 g/mol. The van der Waals surface area contributed by atoms with E-state index in [1.807, 2.05) is 46.8 Å². The summed E-state index contributed by atoms with van der Waals surface area (Å²) in [6.07, 6.45) is 0. The van der Waals surface area contributed by atoms with Crippen molar-refractivity contribution in [3.8, 4) is 5.75 Å². The number of methoxy groups -OCH3 is 1. The molecule has 214 valence electrons. The zero-order valence-corrected chi connectivity index (χ0v) is 25.1. The van der Waals surface area contributed by atoms with Crippen molar-refractivity contribution in [2.75, 3.05) is 18.0 Å². The standard InChI is InChI=1S/C31H39N3O5S/c1-22-13-11-18-28(23(22)2)34(40(37,38)27-16-9-8-10-17-27)21-29(35)33(24(3)30(36)32-31(4,5)6)20-25-14-12-15-26(19-25)39-7/h8-19,24H,20-21H2,1-7H3,(H,32,36)/t24-/m1/s1. The van der Waals surface area contributed by atoms with E-state index in [4.69, 9.17) is 4.74 Å². The van der Waals surface area contributed by atoms with Crippen molar-refractivity contribution >= 4 is 27.5 Å². The summed E-state index contributed by atoms with van der Waals surface area (Å²) in [5.74, 6) is -0.242. The lowest BCUT2D eigenvalue weighted by Gasteiger charge is -2.34. The summed E-state index contributed by atoms with van der Waals surface area (Å²) in [4.78, 5) is 28.8. The third kappa shape index (κ3) is 7.41. The Morgan fingerprint density at radius 2 is 1.60 bits per heavy atom. The van der Waals surface area contributed by atoms with Crippen LogP contribution in [0.25, 0.3) is 0 Å². The van der Waals surface area contributed by atoms with Gasteiger partial charge in [0.05, 0.1) is 17.7 Å². The van der Waals surface area contributed by atoms with Crippen molar-refractivity contribution < 1.29 is 22.7 Å². The molecule has 0 aliphatic rings. The van der Waals surface area contributed by atoms with E-state index in [1.54, 1.807) is 62.6 Å². The van der Waals surface area contributed by atoms with Gasteiger partial charge in [-0.1, -0.05) is 42.5 Å². The Balaban J connectivity index is 2.08. The summed E-state index contributed by atoms with van der Waals surface area (Å²) in [7, 11) is -2.56. The molecule has 8 nitrogen and oxygen atoms in total. The summed E-state index contributed by atoms with van der Waals surface area (Å²) in [6.45, 7) is 10.5. The topological polar surface area (TPSA) is 96.0 Å². The van der Waals surface area contributed by atoms with Crippen LogP contribution >= 0.6 is 0 Å². The number of nitrogens with one attached hydrogen (secondary N) is 1. The molecule has 9 heteroatoms. The van der Waals surface area contributed by atoms with Crippen LogP contribution in [0.15, 0.2) is 77.7 Å². The molecular weight excluding hydrogens is 526 g/mol. The summed E-state index contributed by atoms with van der Waals surface area (Å²) < 4.78 is 34.4. The molecule has 0 unspecified atom stereocenters. The number of hydrogen-bond acceptors (Lipinski definition) is 5. The number of amides is 2. The van der Waals surface area contributed by atoms with Crippen molar-refractivity contribution in [2.24, 2.45) is 0 Å². The number of carbonyl (C=O) groups excluding carboxylic acids is 2. The van der Waals surface area contributed by atoms with E-state index < -0.39 is 34.1 Å². The first-order chi connectivity index (χ1) is 18.7. The van der Waals surface area contributed by atoms with Crippen molar-refractivity contribution in [1.29, 1.82) is 0 Å². The number of benzene rings is 3. The highest BCUT2D eigenvalue weighted by Gasteiger charge is 2.34. The molecule has 0 heterocycles. The van der Waals surface area contributed by atoms with Crippen LogP contribution in [0.2, 0.25) is 0 Å². The van der Waals surface area contributed by atoms with Gasteiger partial charge in [-0.05, 0) is 88.6 Å². The molecule has 0 aromatic heterocycles. The van der Waals surface area contributed by atoms with Gasteiger partial charge in [0.15, 0.2) is 0 Å². The smallest absolute Gasteiger partial charge is 0.264 e. The van der Waals surface area contributed by atoms with E-state index >= 15 is 0 Å². The lowest BCUT2D eigenvalue weighted by Crippen LogP contribution is -2.54. The Labute approximate surface area is 238 Å². The molecule has 0 aliphatic carbocycles. The van der Waals surface area contributed by atoms with Crippen molar-refractivity contribution in [2.45, 2.75) is 64.6 Å². The molecule has 1 N–H and O–H groups in total. The van der Waals surface area contributed by atoms with Gasteiger partial charge in [0, 0.05) is 12.1 Å². The minimum absolute atomic E-state index is 0.0709. The van der Waals surface area contributed by atoms with Crippen molar-refractivity contribution in [1.82, 2.24) is 10.2 Å². The molecule has 0 spiro atoms. The fourth-order valence-electron chi connectivity index (χ4n) is 4.26. The number of ether oxygens (including phenoxy) is 1. The van der Waals surface area contributed by atoms with Gasteiger partial charge in [0.25, 0.3) is 10.0 Å². The molecule has 2 amide bonds. The average molecular weight is 566 g/mol. The number of nitrogens with zero attached hydrogens (tertiary/aromatic N) is 2. The second-order valence-corrected chi connectivity index (χ2v) is 12.7. The molecule has 0 saturated heterocycles. The molecule has 1 atom stereocenters. The van der Waals surface area contributed by atoms with Crippen LogP contribution in [-0.4, -0.2) is 50.4 Å². The van der Waals surface area contributed by atoms with E-state index in [0.29, 0.717) is 11.4 Å². The quantitative estimate of drug-likeness (QED) is 0.380. The predicted octanol–water partition coefficient (Wildman–Crippen LogP) is 4.84. The number of aryl methyl sites for hydroxylation is 1. The van der Waals surface area contributed by atoms with Crippen LogP contribution in [0, 0.1) is 13.8 Å². The van der Waals surface area contributed by atoms with Gasteiger partial charge in [-0.3, -0.25) is 13.9 Å². The van der Waals surface area contributed by atoms with Crippen molar-refractivity contribution in [3.63, 3.8) is 0 Å². The minimum Gasteiger partial charge on any atom is -0.497 e. The van der Waals surface area contributed by atoms with E-state index in [-0.39, 0.29) is 17.3 Å². The molecule has 3 aromatic carbocycles. The Morgan fingerprint density at radius 3 is 2.23 bits per heavy atom. The van der Waals surface area contributed by atoms with Crippen LogP contribution in [0.5, 0.6) is 5.75 Å². The Bertz CT molecular complexity index is 1450. The number of anilines is 1. The number of sulfonamides is 1. The van der Waals surface area contributed by atoms with Crippen LogP contribution in [0.3, 0.4) is 0 Å². The second kappa shape index (κ2) is 12.6. The molecular formula is C31H39N3O5S. The van der Waals surface area contributed by atoms with Gasteiger partial charge in [0.2, 0.25) is 11.8 Å². The summed E-state index contributed by atoms with van der Waals surface area (Å²) >= 11 is 0. The first-order valence-electron chi connectivity index (χ1n) is 13.1. The highest BCUT2D eigenvalue weighted by atomic mass is 32.2. The highest BCUT2D eigenvalue weighted by molar-refractivity contribution is 7.92. The lowest BCUT2D eigenvalue weighted by atomic mass is 10.1. The normalized spacial score (nSPS) is 12.4. The first kappa shape index (κ1) is 30.7. The lowest BCUT2D eigenvalue weighted by molar-refractivity contribution is -0.140. The van der Waals surface area contributed by atoms with Gasteiger partial charge in [0.1, 0.15) is 18.3 Å². The first-order valence-corrected chi connectivity index (χ1v) is 14.6. The van der Waals surface area contributed by atoms with Gasteiger partial charge >= 0.3 is 0 Å². The molecule has 0 bridgehead atoms. The zero-order valence-electron chi connectivity index (χ0n) is 24.3. The SMILES string of the molecule is COc1cccc(CN(C(=O)CN(c2cccc(C)c2C)S(=O)(=O)c2ccccc2)[C@H](C)C(=O)NC(C)(C)C)c1. The Morgan fingerprint density at radius 1 is 0.950 bits per heavy atom. The van der Waals surface area contributed by atoms with Gasteiger partial charge in [-0.2, -0.15) is 0 Å². The fraction of sp³-hybridized carbons (Fsp3) is 0.355. The molecule has 0 radical (unpaired) electrons. The summed E-state index contributed by atoms with van der Waals surface area (Å²) in [5, 5.41) is 2.93. The molecule has 3 rings (SSSR count). The van der Waals surface area contributed by atoms with Crippen molar-refractivity contribution in [3.05, 3.63) is 89.5 Å². The maximum atomic E-state index is 14.1. The summed E-state index contributed by atoms with van der Waals surface area (Å²) in [5.41, 5.74) is 2.27. The third-order valence-electron chi connectivity index (χ3n) is 6.61. The Hall–Kier alpha value is -3.85. The van der Waals surface area contributed by atoms with E-state index in [0.717, 1.165) is 21.0 Å². The molecule has 0 aliphatic heterocycles. The Kier molecular flexibility index (Phi) is 9.63. The van der Waals surface area contributed by atoms with Crippen LogP contribution in [0.4, 0.5) is 5.69 Å². The molecule has 0 saturated carbocycles. The molecule has 40 heavy (non-hydrogen) atoms. The molecule has 0 fully saturated rings. The minimum atomic E-state index is -4.11. The number of carbonyl (C=O) groups is 2. The van der Waals surface area contributed by atoms with Gasteiger partial charge < -0.3 is 15.0 Å². The van der Waals surface area contributed by atoms with E-state index in [2.05, 4.69) is 5.32 Å². The third-order valence-corrected chi connectivity index (χ3v) is 8.38. The maximum Gasteiger partial charge on any atom is 0.264 e.